The largest absolute Gasteiger partial charge is 0.465 e. The van der Waals surface area contributed by atoms with Crippen LogP contribution in [0.15, 0.2) is 12.7 Å². The van der Waals surface area contributed by atoms with Gasteiger partial charge in [-0.3, -0.25) is 9.36 Å². The van der Waals surface area contributed by atoms with Crippen LogP contribution >= 0.6 is 7.60 Å². The summed E-state index contributed by atoms with van der Waals surface area (Å²) in [4.78, 5) is 11.8. The average molecular weight is 262 g/mol. The zero-order valence-electron chi connectivity index (χ0n) is 10.3. The second-order valence-corrected chi connectivity index (χ2v) is 6.14. The van der Waals surface area contributed by atoms with Crippen molar-refractivity contribution in [2.75, 3.05) is 19.8 Å². The minimum atomic E-state index is -3.52. The lowest BCUT2D eigenvalue weighted by molar-refractivity contribution is -0.140. The summed E-state index contributed by atoms with van der Waals surface area (Å²) in [5.74, 6) is -0.485. The van der Waals surface area contributed by atoms with E-state index in [1.807, 2.05) is 0 Å². The van der Waals surface area contributed by atoms with Crippen molar-refractivity contribution in [3.05, 3.63) is 12.7 Å². The predicted octanol–water partition coefficient (Wildman–Crippen LogP) is 2.51. The molecular formula is C11H19O5P. The first kappa shape index (κ1) is 14.4. The van der Waals surface area contributed by atoms with Crippen LogP contribution in [0.25, 0.3) is 0 Å². The van der Waals surface area contributed by atoms with Crippen molar-refractivity contribution >= 4 is 13.6 Å². The fourth-order valence-corrected chi connectivity index (χ4v) is 4.17. The molecule has 0 aromatic rings. The number of hydrogen-bond acceptors (Lipinski definition) is 5. The van der Waals surface area contributed by atoms with Gasteiger partial charge in [0.2, 0.25) is 0 Å². The third-order valence-corrected chi connectivity index (χ3v) is 5.76. The highest BCUT2D eigenvalue weighted by Gasteiger charge is 2.59. The van der Waals surface area contributed by atoms with E-state index in [4.69, 9.17) is 13.8 Å². The van der Waals surface area contributed by atoms with Crippen molar-refractivity contribution in [2.45, 2.75) is 31.8 Å². The number of rotatable bonds is 7. The third kappa shape index (κ3) is 2.46. The average Bonchev–Trinajstić information content (AvgIpc) is 2.69. The maximum Gasteiger partial charge on any atom is 0.348 e. The topological polar surface area (TPSA) is 61.8 Å². The maximum absolute atomic E-state index is 12.7. The molecule has 1 heterocycles. The monoisotopic (exact) mass is 262 g/mol. The number of cyclic esters (lactones) is 1. The van der Waals surface area contributed by atoms with Crippen LogP contribution in [0.5, 0.6) is 0 Å². The molecular weight excluding hydrogens is 243 g/mol. The van der Waals surface area contributed by atoms with Gasteiger partial charge < -0.3 is 13.8 Å². The van der Waals surface area contributed by atoms with E-state index >= 15 is 0 Å². The highest BCUT2D eigenvalue weighted by atomic mass is 31.2. The van der Waals surface area contributed by atoms with Gasteiger partial charge in [0.15, 0.2) is 5.16 Å². The van der Waals surface area contributed by atoms with Crippen molar-refractivity contribution < 1.29 is 23.1 Å². The van der Waals surface area contributed by atoms with Crippen LogP contribution in [0.2, 0.25) is 0 Å². The van der Waals surface area contributed by atoms with Gasteiger partial charge in [0.1, 0.15) is 0 Å². The van der Waals surface area contributed by atoms with Crippen molar-refractivity contribution in [2.24, 2.45) is 0 Å². The summed E-state index contributed by atoms with van der Waals surface area (Å²) in [5, 5.41) is -1.15. The first-order valence-corrected chi connectivity index (χ1v) is 7.28. The van der Waals surface area contributed by atoms with E-state index in [0.717, 1.165) is 0 Å². The molecule has 2 unspecified atom stereocenters. The molecule has 17 heavy (non-hydrogen) atoms. The van der Waals surface area contributed by atoms with Crippen molar-refractivity contribution in [1.82, 2.24) is 0 Å². The van der Waals surface area contributed by atoms with Gasteiger partial charge >= 0.3 is 13.6 Å². The molecule has 0 bridgehead atoms. The van der Waals surface area contributed by atoms with E-state index in [2.05, 4.69) is 6.58 Å². The SMILES string of the molecule is C=CCOP(=O)(OCC)C1(CC)CCOC1=O. The minimum Gasteiger partial charge on any atom is -0.465 e. The van der Waals surface area contributed by atoms with Crippen LogP contribution in [0.4, 0.5) is 0 Å². The second-order valence-electron chi connectivity index (χ2n) is 3.77. The van der Waals surface area contributed by atoms with E-state index in [1.165, 1.54) is 6.08 Å². The maximum atomic E-state index is 12.7. The van der Waals surface area contributed by atoms with E-state index in [1.54, 1.807) is 13.8 Å². The van der Waals surface area contributed by atoms with E-state index in [-0.39, 0.29) is 19.8 Å². The van der Waals surface area contributed by atoms with Gasteiger partial charge in [-0.1, -0.05) is 13.0 Å². The zero-order chi connectivity index (χ0) is 12.9. The summed E-state index contributed by atoms with van der Waals surface area (Å²) < 4.78 is 28.2. The fraction of sp³-hybridized carbons (Fsp3) is 0.727. The highest BCUT2D eigenvalue weighted by Crippen LogP contribution is 2.64. The molecule has 0 N–H and O–H groups in total. The number of ether oxygens (including phenoxy) is 1. The molecule has 0 radical (unpaired) electrons. The lowest BCUT2D eigenvalue weighted by atomic mass is 10.0. The summed E-state index contributed by atoms with van der Waals surface area (Å²) >= 11 is 0. The summed E-state index contributed by atoms with van der Waals surface area (Å²) in [5.41, 5.74) is 0. The van der Waals surface area contributed by atoms with E-state index in [9.17, 15) is 9.36 Å². The zero-order valence-corrected chi connectivity index (χ0v) is 11.2. The molecule has 0 amide bonds. The molecule has 6 heteroatoms. The Balaban J connectivity index is 3.05. The number of carbonyl (C=O) groups is 1. The van der Waals surface area contributed by atoms with Gasteiger partial charge in [0, 0.05) is 6.42 Å². The predicted molar refractivity (Wildman–Crippen MR) is 64.0 cm³/mol. The first-order chi connectivity index (χ1) is 8.06. The lowest BCUT2D eigenvalue weighted by Gasteiger charge is -2.31. The fourth-order valence-electron chi connectivity index (χ4n) is 1.92. The summed E-state index contributed by atoms with van der Waals surface area (Å²) in [6.45, 7) is 7.58. The third-order valence-electron chi connectivity index (χ3n) is 2.90. The summed E-state index contributed by atoms with van der Waals surface area (Å²) in [7, 11) is -3.52. The number of hydrogen-bond donors (Lipinski definition) is 0. The summed E-state index contributed by atoms with van der Waals surface area (Å²) in [6, 6.07) is 0. The Morgan fingerprint density at radius 1 is 1.53 bits per heavy atom. The van der Waals surface area contributed by atoms with E-state index in [0.29, 0.717) is 12.8 Å². The highest BCUT2D eigenvalue weighted by molar-refractivity contribution is 7.56. The molecule has 2 atom stereocenters. The molecule has 0 aliphatic carbocycles. The van der Waals surface area contributed by atoms with Crippen LogP contribution in [0.3, 0.4) is 0 Å². The molecule has 1 aliphatic rings. The van der Waals surface area contributed by atoms with Crippen LogP contribution in [0.1, 0.15) is 26.7 Å². The Bertz CT molecular complexity index is 341. The molecule has 5 nitrogen and oxygen atoms in total. The lowest BCUT2D eigenvalue weighted by Crippen LogP contribution is -2.35. The molecule has 0 aromatic carbocycles. The normalized spacial score (nSPS) is 27.5. The molecule has 98 valence electrons. The molecule has 1 fully saturated rings. The van der Waals surface area contributed by atoms with Gasteiger partial charge in [0.05, 0.1) is 19.8 Å². The standard InChI is InChI=1S/C11H19O5P/c1-4-8-16-17(13,15-6-3)11(5-2)7-9-14-10(11)12/h4H,1,5-9H2,2-3H3. The smallest absolute Gasteiger partial charge is 0.348 e. The van der Waals surface area contributed by atoms with Gasteiger partial charge in [-0.2, -0.15) is 0 Å². The Morgan fingerprint density at radius 3 is 2.65 bits per heavy atom. The van der Waals surface area contributed by atoms with Crippen LogP contribution in [-0.2, 0) is 23.1 Å². The Labute approximate surface area is 102 Å². The molecule has 0 aromatic heterocycles. The van der Waals surface area contributed by atoms with Crippen molar-refractivity contribution in [1.29, 1.82) is 0 Å². The molecule has 1 saturated heterocycles. The molecule has 1 rings (SSSR count). The Kier molecular flexibility index (Phi) is 4.92. The van der Waals surface area contributed by atoms with Crippen LogP contribution < -0.4 is 0 Å². The quantitative estimate of drug-likeness (QED) is 0.401. The van der Waals surface area contributed by atoms with Crippen molar-refractivity contribution in [3.63, 3.8) is 0 Å². The minimum absolute atomic E-state index is 0.0896. The van der Waals surface area contributed by atoms with Crippen molar-refractivity contribution in [3.8, 4) is 0 Å². The van der Waals surface area contributed by atoms with E-state index < -0.39 is 18.7 Å². The van der Waals surface area contributed by atoms with Gasteiger partial charge in [-0.25, -0.2) is 0 Å². The number of esters is 1. The molecule has 0 saturated carbocycles. The Hall–Kier alpha value is -0.640. The number of carbonyl (C=O) groups excluding carboxylic acids is 1. The van der Waals surface area contributed by atoms with Crippen LogP contribution in [-0.4, -0.2) is 30.9 Å². The van der Waals surface area contributed by atoms with Gasteiger partial charge in [0.25, 0.3) is 0 Å². The second kappa shape index (κ2) is 5.80. The first-order valence-electron chi connectivity index (χ1n) is 5.73. The van der Waals surface area contributed by atoms with Crippen LogP contribution in [0, 0.1) is 0 Å². The van der Waals surface area contributed by atoms with Gasteiger partial charge in [-0.05, 0) is 13.3 Å². The molecule has 1 aliphatic heterocycles. The van der Waals surface area contributed by atoms with Gasteiger partial charge in [-0.15, -0.1) is 6.58 Å². The summed E-state index contributed by atoms with van der Waals surface area (Å²) in [6.07, 6.45) is 2.23. The molecule has 0 spiro atoms. The Morgan fingerprint density at radius 2 is 2.24 bits per heavy atom.